The molecular formula is C15H15BrClNO. The molecule has 1 unspecified atom stereocenters. The molecule has 19 heavy (non-hydrogen) atoms. The molecule has 0 saturated carbocycles. The van der Waals surface area contributed by atoms with Gasteiger partial charge in [0.25, 0.3) is 0 Å². The minimum atomic E-state index is 0.0518. The molecule has 0 aromatic heterocycles. The van der Waals surface area contributed by atoms with Crippen molar-refractivity contribution in [3.8, 4) is 5.75 Å². The number of ether oxygens (including phenoxy) is 1. The third kappa shape index (κ3) is 3.11. The highest BCUT2D eigenvalue weighted by Gasteiger charge is 2.16. The van der Waals surface area contributed by atoms with Gasteiger partial charge in [0.15, 0.2) is 0 Å². The fraction of sp³-hybridized carbons (Fsp3) is 0.200. The molecule has 2 aromatic rings. The molecule has 1 N–H and O–H groups in total. The van der Waals surface area contributed by atoms with Gasteiger partial charge in [-0.05, 0) is 52.3 Å². The lowest BCUT2D eigenvalue weighted by atomic mass is 9.99. The molecular weight excluding hydrogens is 326 g/mol. The quantitative estimate of drug-likeness (QED) is 0.889. The predicted octanol–water partition coefficient (Wildman–Crippen LogP) is 4.42. The van der Waals surface area contributed by atoms with Gasteiger partial charge in [0.1, 0.15) is 5.75 Å². The first-order chi connectivity index (χ1) is 9.17. The molecule has 0 heterocycles. The molecule has 0 fully saturated rings. The summed E-state index contributed by atoms with van der Waals surface area (Å²) in [5.41, 5.74) is 2.19. The molecule has 2 rings (SSSR count). The van der Waals surface area contributed by atoms with E-state index in [0.29, 0.717) is 0 Å². The lowest BCUT2D eigenvalue weighted by Gasteiger charge is -2.19. The Balaban J connectivity index is 2.40. The number of halogens is 2. The maximum Gasteiger partial charge on any atom is 0.118 e. The predicted molar refractivity (Wildman–Crippen MR) is 83.0 cm³/mol. The highest BCUT2D eigenvalue weighted by molar-refractivity contribution is 9.10. The van der Waals surface area contributed by atoms with E-state index in [2.05, 4.69) is 21.2 Å². The summed E-state index contributed by atoms with van der Waals surface area (Å²) in [4.78, 5) is 0. The molecule has 0 aliphatic rings. The van der Waals surface area contributed by atoms with Gasteiger partial charge < -0.3 is 10.1 Å². The molecule has 0 spiro atoms. The van der Waals surface area contributed by atoms with E-state index in [9.17, 15) is 0 Å². The van der Waals surface area contributed by atoms with E-state index in [-0.39, 0.29) is 6.04 Å². The second-order valence-electron chi connectivity index (χ2n) is 4.14. The lowest BCUT2D eigenvalue weighted by Crippen LogP contribution is -2.18. The smallest absolute Gasteiger partial charge is 0.118 e. The van der Waals surface area contributed by atoms with Crippen LogP contribution in [0.1, 0.15) is 17.2 Å². The molecule has 0 amide bonds. The Labute approximate surface area is 126 Å². The number of methoxy groups -OCH3 is 1. The Morgan fingerprint density at radius 3 is 2.42 bits per heavy atom. The Kier molecular flexibility index (Phi) is 4.86. The number of hydrogen-bond acceptors (Lipinski definition) is 2. The van der Waals surface area contributed by atoms with E-state index in [1.165, 1.54) is 0 Å². The van der Waals surface area contributed by atoms with Gasteiger partial charge in [0.05, 0.1) is 18.2 Å². The van der Waals surface area contributed by atoms with Gasteiger partial charge in [-0.3, -0.25) is 0 Å². The largest absolute Gasteiger partial charge is 0.497 e. The van der Waals surface area contributed by atoms with Gasteiger partial charge in [-0.15, -0.1) is 0 Å². The fourth-order valence-electron chi connectivity index (χ4n) is 2.04. The molecule has 2 aromatic carbocycles. The van der Waals surface area contributed by atoms with Crippen LogP contribution in [0.5, 0.6) is 5.75 Å². The Hall–Kier alpha value is -1.03. The van der Waals surface area contributed by atoms with Gasteiger partial charge in [-0.2, -0.15) is 0 Å². The maximum atomic E-state index is 6.36. The molecule has 4 heteroatoms. The average Bonchev–Trinajstić information content (AvgIpc) is 2.45. The van der Waals surface area contributed by atoms with Gasteiger partial charge in [-0.25, -0.2) is 0 Å². The molecule has 0 saturated heterocycles. The minimum absolute atomic E-state index is 0.0518. The van der Waals surface area contributed by atoms with Crippen molar-refractivity contribution in [3.63, 3.8) is 0 Å². The number of hydrogen-bond donors (Lipinski definition) is 1. The normalized spacial score (nSPS) is 12.2. The highest BCUT2D eigenvalue weighted by Crippen LogP contribution is 2.33. The summed E-state index contributed by atoms with van der Waals surface area (Å²) >= 11 is 9.82. The van der Waals surface area contributed by atoms with Crippen molar-refractivity contribution >= 4 is 27.5 Å². The van der Waals surface area contributed by atoms with Crippen LogP contribution >= 0.6 is 27.5 Å². The highest BCUT2D eigenvalue weighted by atomic mass is 79.9. The molecule has 0 radical (unpaired) electrons. The van der Waals surface area contributed by atoms with Crippen molar-refractivity contribution in [2.75, 3.05) is 14.2 Å². The summed E-state index contributed by atoms with van der Waals surface area (Å²) in [6.45, 7) is 0. The van der Waals surface area contributed by atoms with Crippen LogP contribution in [0.25, 0.3) is 0 Å². The van der Waals surface area contributed by atoms with Crippen LogP contribution in [0, 0.1) is 0 Å². The van der Waals surface area contributed by atoms with Crippen LogP contribution in [-0.2, 0) is 0 Å². The Morgan fingerprint density at radius 1 is 1.16 bits per heavy atom. The van der Waals surface area contributed by atoms with Crippen LogP contribution < -0.4 is 10.1 Å². The van der Waals surface area contributed by atoms with E-state index in [4.69, 9.17) is 16.3 Å². The summed E-state index contributed by atoms with van der Waals surface area (Å²) in [5, 5.41) is 4.03. The van der Waals surface area contributed by atoms with Crippen LogP contribution in [-0.4, -0.2) is 14.2 Å². The van der Waals surface area contributed by atoms with Crippen molar-refractivity contribution in [1.29, 1.82) is 0 Å². The zero-order valence-corrected chi connectivity index (χ0v) is 13.1. The first-order valence-corrected chi connectivity index (χ1v) is 7.09. The molecule has 0 aliphatic heterocycles. The molecule has 0 aliphatic carbocycles. The fourth-order valence-corrected chi connectivity index (χ4v) is 2.66. The average molecular weight is 341 g/mol. The van der Waals surface area contributed by atoms with Crippen LogP contribution in [0.4, 0.5) is 0 Å². The van der Waals surface area contributed by atoms with Gasteiger partial charge >= 0.3 is 0 Å². The topological polar surface area (TPSA) is 21.3 Å². The standard InChI is InChI=1S/C15H15BrClNO/c1-18-15(10-6-8-11(19-2)9-7-10)12-4-3-5-13(16)14(12)17/h3-9,15,18H,1-2H3. The summed E-state index contributed by atoms with van der Waals surface area (Å²) in [5.74, 6) is 0.846. The Bertz CT molecular complexity index is 557. The zero-order chi connectivity index (χ0) is 13.8. The third-order valence-corrected chi connectivity index (χ3v) is 4.34. The summed E-state index contributed by atoms with van der Waals surface area (Å²) in [6.07, 6.45) is 0. The second kappa shape index (κ2) is 6.42. The number of rotatable bonds is 4. The van der Waals surface area contributed by atoms with E-state index in [1.807, 2.05) is 49.5 Å². The lowest BCUT2D eigenvalue weighted by molar-refractivity contribution is 0.414. The van der Waals surface area contributed by atoms with Crippen molar-refractivity contribution in [2.24, 2.45) is 0 Å². The summed E-state index contributed by atoms with van der Waals surface area (Å²) in [7, 11) is 3.59. The molecule has 2 nitrogen and oxygen atoms in total. The number of benzene rings is 2. The van der Waals surface area contributed by atoms with Crippen molar-refractivity contribution < 1.29 is 4.74 Å². The van der Waals surface area contributed by atoms with Crippen molar-refractivity contribution in [1.82, 2.24) is 5.32 Å². The van der Waals surface area contributed by atoms with Gasteiger partial charge in [-0.1, -0.05) is 35.9 Å². The molecule has 100 valence electrons. The van der Waals surface area contributed by atoms with E-state index in [0.717, 1.165) is 26.4 Å². The molecule has 0 bridgehead atoms. The first kappa shape index (κ1) is 14.4. The van der Waals surface area contributed by atoms with E-state index >= 15 is 0 Å². The Morgan fingerprint density at radius 2 is 1.84 bits per heavy atom. The van der Waals surface area contributed by atoms with Crippen LogP contribution in [0.3, 0.4) is 0 Å². The van der Waals surface area contributed by atoms with Crippen molar-refractivity contribution in [2.45, 2.75) is 6.04 Å². The summed E-state index contributed by atoms with van der Waals surface area (Å²) in [6, 6.07) is 14.0. The minimum Gasteiger partial charge on any atom is -0.497 e. The van der Waals surface area contributed by atoms with Gasteiger partial charge in [0, 0.05) is 4.47 Å². The monoisotopic (exact) mass is 339 g/mol. The molecule has 1 atom stereocenters. The second-order valence-corrected chi connectivity index (χ2v) is 5.37. The third-order valence-electron chi connectivity index (χ3n) is 3.03. The number of nitrogens with one attached hydrogen (secondary N) is 1. The maximum absolute atomic E-state index is 6.36. The first-order valence-electron chi connectivity index (χ1n) is 5.92. The van der Waals surface area contributed by atoms with Crippen molar-refractivity contribution in [3.05, 3.63) is 63.1 Å². The van der Waals surface area contributed by atoms with E-state index < -0.39 is 0 Å². The van der Waals surface area contributed by atoms with Crippen LogP contribution in [0.2, 0.25) is 5.02 Å². The van der Waals surface area contributed by atoms with E-state index in [1.54, 1.807) is 7.11 Å². The zero-order valence-electron chi connectivity index (χ0n) is 10.8. The van der Waals surface area contributed by atoms with Gasteiger partial charge in [0.2, 0.25) is 0 Å². The van der Waals surface area contributed by atoms with Crippen LogP contribution in [0.15, 0.2) is 46.9 Å². The summed E-state index contributed by atoms with van der Waals surface area (Å²) < 4.78 is 6.08. The SMILES string of the molecule is CNC(c1ccc(OC)cc1)c1cccc(Br)c1Cl.